The predicted molar refractivity (Wildman–Crippen MR) is 49.8 cm³/mol. The zero-order valence-electron chi connectivity index (χ0n) is 6.39. The van der Waals surface area contributed by atoms with E-state index in [-0.39, 0.29) is 0 Å². The van der Waals surface area contributed by atoms with Crippen LogP contribution in [0.4, 0.5) is 5.69 Å². The maximum atomic E-state index is 10.2. The molecule has 5 heteroatoms. The highest BCUT2D eigenvalue weighted by Gasteiger charge is 2.03. The van der Waals surface area contributed by atoms with Crippen LogP contribution >= 0.6 is 11.3 Å². The Hall–Kier alpha value is -1.80. The number of hydrogen-bond acceptors (Lipinski definition) is 5. The Labute approximate surface area is 77.4 Å². The molecule has 0 radical (unpaired) electrons. The number of aromatic nitrogens is 1. The van der Waals surface area contributed by atoms with Gasteiger partial charge in [-0.15, -0.1) is 16.2 Å². The van der Waals surface area contributed by atoms with Gasteiger partial charge in [0.2, 0.25) is 0 Å². The molecule has 0 fully saturated rings. The summed E-state index contributed by atoms with van der Waals surface area (Å²) in [5, 5.41) is 11.8. The van der Waals surface area contributed by atoms with E-state index in [4.69, 9.17) is 5.26 Å². The number of fused-ring (bicyclic) bond motifs is 1. The lowest BCUT2D eigenvalue weighted by Crippen LogP contribution is -1.68. The van der Waals surface area contributed by atoms with Crippen molar-refractivity contribution < 1.29 is 0 Å². The Bertz CT molecular complexity index is 512. The molecule has 0 amide bonds. The second kappa shape index (κ2) is 2.92. The number of nitroso groups, excluding NO2 is 1. The van der Waals surface area contributed by atoms with Gasteiger partial charge in [-0.2, -0.15) is 5.26 Å². The molecule has 0 N–H and O–H groups in total. The van der Waals surface area contributed by atoms with Gasteiger partial charge in [0.05, 0.1) is 10.2 Å². The summed E-state index contributed by atoms with van der Waals surface area (Å²) in [6.45, 7) is 0. The minimum absolute atomic E-state index is 0.335. The van der Waals surface area contributed by atoms with Gasteiger partial charge < -0.3 is 0 Å². The van der Waals surface area contributed by atoms with E-state index in [9.17, 15) is 4.91 Å². The number of benzene rings is 1. The van der Waals surface area contributed by atoms with Gasteiger partial charge in [-0.3, -0.25) is 0 Å². The molecule has 0 unspecified atom stereocenters. The summed E-state index contributed by atoms with van der Waals surface area (Å²) in [5.74, 6) is 0. The van der Waals surface area contributed by atoms with Crippen LogP contribution < -0.4 is 0 Å². The highest BCUT2D eigenvalue weighted by Crippen LogP contribution is 2.25. The zero-order chi connectivity index (χ0) is 9.26. The normalized spacial score (nSPS) is 9.77. The number of hydrogen-bond donors (Lipinski definition) is 0. The van der Waals surface area contributed by atoms with Crippen molar-refractivity contribution in [3.05, 3.63) is 28.1 Å². The molecule has 0 aliphatic rings. The summed E-state index contributed by atoms with van der Waals surface area (Å²) >= 11 is 1.30. The van der Waals surface area contributed by atoms with Crippen molar-refractivity contribution in [1.82, 2.24) is 4.98 Å². The summed E-state index contributed by atoms with van der Waals surface area (Å²) in [6, 6.07) is 6.87. The average Bonchev–Trinajstić information content (AvgIpc) is 2.58. The van der Waals surface area contributed by atoms with Gasteiger partial charge in [-0.25, -0.2) is 4.98 Å². The zero-order valence-corrected chi connectivity index (χ0v) is 7.21. The van der Waals surface area contributed by atoms with Crippen molar-refractivity contribution >= 4 is 27.2 Å². The molecule has 2 rings (SSSR count). The van der Waals surface area contributed by atoms with E-state index in [1.54, 1.807) is 18.2 Å². The molecule has 1 heterocycles. The van der Waals surface area contributed by atoms with E-state index >= 15 is 0 Å². The van der Waals surface area contributed by atoms with Crippen LogP contribution in [0.25, 0.3) is 10.2 Å². The van der Waals surface area contributed by atoms with E-state index in [1.165, 1.54) is 11.3 Å². The summed E-state index contributed by atoms with van der Waals surface area (Å²) in [7, 11) is 0. The van der Waals surface area contributed by atoms with Gasteiger partial charge in [-0.05, 0) is 23.4 Å². The average molecular weight is 189 g/mol. The van der Waals surface area contributed by atoms with E-state index in [0.29, 0.717) is 16.2 Å². The Morgan fingerprint density at radius 3 is 3.08 bits per heavy atom. The highest BCUT2D eigenvalue weighted by molar-refractivity contribution is 7.19. The number of nitriles is 1. The molecule has 0 atom stereocenters. The monoisotopic (exact) mass is 189 g/mol. The molecule has 1 aromatic heterocycles. The van der Waals surface area contributed by atoms with E-state index in [2.05, 4.69) is 10.2 Å². The fourth-order valence-corrected chi connectivity index (χ4v) is 1.76. The smallest absolute Gasteiger partial charge is 0.195 e. The van der Waals surface area contributed by atoms with Crippen LogP contribution in [0, 0.1) is 16.2 Å². The minimum Gasteiger partial charge on any atom is -0.226 e. The third kappa shape index (κ3) is 1.27. The molecule has 0 aliphatic heterocycles. The van der Waals surface area contributed by atoms with E-state index in [1.807, 2.05) is 6.07 Å². The summed E-state index contributed by atoms with van der Waals surface area (Å²) in [6.07, 6.45) is 0. The van der Waals surface area contributed by atoms with Crippen LogP contribution in [0.5, 0.6) is 0 Å². The number of thiazole rings is 1. The standard InChI is InChI=1S/C8H3N3OS/c9-4-8-10-6-3-5(11-12)1-2-7(6)13-8/h1-3H. The molecule has 4 nitrogen and oxygen atoms in total. The van der Waals surface area contributed by atoms with Crippen molar-refractivity contribution in [3.8, 4) is 6.07 Å². The molecule has 0 saturated carbocycles. The molecule has 0 spiro atoms. The maximum Gasteiger partial charge on any atom is 0.195 e. The van der Waals surface area contributed by atoms with Gasteiger partial charge in [0.1, 0.15) is 11.8 Å². The first-order valence-electron chi connectivity index (χ1n) is 3.47. The van der Waals surface area contributed by atoms with Crippen LogP contribution in [-0.2, 0) is 0 Å². The molecule has 62 valence electrons. The quantitative estimate of drug-likeness (QED) is 0.647. The second-order valence-electron chi connectivity index (χ2n) is 2.37. The van der Waals surface area contributed by atoms with Gasteiger partial charge in [0, 0.05) is 0 Å². The topological polar surface area (TPSA) is 66.1 Å². The summed E-state index contributed by atoms with van der Waals surface area (Å²) in [4.78, 5) is 14.2. The fraction of sp³-hybridized carbons (Fsp3) is 0. The van der Waals surface area contributed by atoms with Gasteiger partial charge in [0.15, 0.2) is 5.01 Å². The van der Waals surface area contributed by atoms with Crippen LogP contribution in [0.15, 0.2) is 23.4 Å². The van der Waals surface area contributed by atoms with E-state index < -0.39 is 0 Å². The number of nitrogens with zero attached hydrogens (tertiary/aromatic N) is 3. The second-order valence-corrected chi connectivity index (χ2v) is 3.40. The van der Waals surface area contributed by atoms with Crippen molar-refractivity contribution in [3.63, 3.8) is 0 Å². The lowest BCUT2D eigenvalue weighted by atomic mass is 10.3. The molecule has 2 aromatic rings. The fourth-order valence-electron chi connectivity index (χ4n) is 1.02. The van der Waals surface area contributed by atoms with E-state index in [0.717, 1.165) is 4.70 Å². The minimum atomic E-state index is 0.335. The third-order valence-electron chi connectivity index (χ3n) is 1.57. The Morgan fingerprint density at radius 1 is 1.54 bits per heavy atom. The van der Waals surface area contributed by atoms with Gasteiger partial charge >= 0.3 is 0 Å². The van der Waals surface area contributed by atoms with Crippen LogP contribution in [0.3, 0.4) is 0 Å². The van der Waals surface area contributed by atoms with Crippen LogP contribution in [0.1, 0.15) is 5.01 Å². The lowest BCUT2D eigenvalue weighted by molar-refractivity contribution is 1.40. The molecular formula is C8H3N3OS. The van der Waals surface area contributed by atoms with Crippen LogP contribution in [0.2, 0.25) is 0 Å². The van der Waals surface area contributed by atoms with Crippen molar-refractivity contribution in [1.29, 1.82) is 5.26 Å². The largest absolute Gasteiger partial charge is 0.226 e. The van der Waals surface area contributed by atoms with Crippen molar-refractivity contribution in [2.24, 2.45) is 5.18 Å². The molecule has 1 aromatic carbocycles. The molecule has 0 bridgehead atoms. The Morgan fingerprint density at radius 2 is 2.38 bits per heavy atom. The van der Waals surface area contributed by atoms with Gasteiger partial charge in [0.25, 0.3) is 0 Å². The first-order chi connectivity index (χ1) is 6.33. The van der Waals surface area contributed by atoms with Crippen molar-refractivity contribution in [2.45, 2.75) is 0 Å². The van der Waals surface area contributed by atoms with Gasteiger partial charge in [-0.1, -0.05) is 0 Å². The first kappa shape index (κ1) is 7.83. The van der Waals surface area contributed by atoms with Crippen LogP contribution in [-0.4, -0.2) is 4.98 Å². The number of rotatable bonds is 1. The highest BCUT2D eigenvalue weighted by atomic mass is 32.1. The summed E-state index contributed by atoms with van der Waals surface area (Å²) in [5.41, 5.74) is 0.987. The molecular weight excluding hydrogens is 186 g/mol. The molecule has 0 saturated heterocycles. The SMILES string of the molecule is N#Cc1nc2cc(N=O)ccc2s1. The lowest BCUT2D eigenvalue weighted by Gasteiger charge is -1.86. The molecule has 13 heavy (non-hydrogen) atoms. The first-order valence-corrected chi connectivity index (χ1v) is 4.29. The van der Waals surface area contributed by atoms with Crippen molar-refractivity contribution in [2.75, 3.05) is 0 Å². The Balaban J connectivity index is 2.72. The molecule has 0 aliphatic carbocycles. The third-order valence-corrected chi connectivity index (χ3v) is 2.51. The summed E-state index contributed by atoms with van der Waals surface area (Å²) < 4.78 is 0.893. The maximum absolute atomic E-state index is 10.2. The Kier molecular flexibility index (Phi) is 1.76. The predicted octanol–water partition coefficient (Wildman–Crippen LogP) is 2.57.